The monoisotopic (exact) mass is 316 g/mol. The van der Waals surface area contributed by atoms with E-state index in [0.717, 1.165) is 33.9 Å². The Morgan fingerprint density at radius 1 is 1.27 bits per heavy atom. The number of hydrogen-bond donors (Lipinski definition) is 2. The Bertz CT molecular complexity index is 705. The average molecular weight is 316 g/mol. The maximum absolute atomic E-state index is 13.5. The summed E-state index contributed by atoms with van der Waals surface area (Å²) in [5, 5.41) is 5.77. The van der Waals surface area contributed by atoms with Gasteiger partial charge >= 0.3 is 6.03 Å². The van der Waals surface area contributed by atoms with Gasteiger partial charge in [0.15, 0.2) is 0 Å². The smallest absolute Gasteiger partial charge is 0.319 e. The zero-order valence-electron chi connectivity index (χ0n) is 12.2. The third kappa shape index (κ3) is 3.42. The van der Waals surface area contributed by atoms with Gasteiger partial charge in [-0.3, -0.25) is 0 Å². The number of benzene rings is 2. The molecule has 1 heterocycles. The van der Waals surface area contributed by atoms with Crippen LogP contribution in [0.5, 0.6) is 0 Å². The second kappa shape index (κ2) is 6.40. The molecule has 0 fully saturated rings. The summed E-state index contributed by atoms with van der Waals surface area (Å²) in [6.45, 7) is 1.97. The fourth-order valence-electron chi connectivity index (χ4n) is 2.56. The lowest BCUT2D eigenvalue weighted by Gasteiger charge is -2.26. The minimum atomic E-state index is -0.271. The van der Waals surface area contributed by atoms with Crippen LogP contribution in [0.2, 0.25) is 0 Å². The highest BCUT2D eigenvalue weighted by molar-refractivity contribution is 7.99. The highest BCUT2D eigenvalue weighted by atomic mass is 32.2. The quantitative estimate of drug-likeness (QED) is 0.857. The number of carbonyl (C=O) groups is 1. The summed E-state index contributed by atoms with van der Waals surface area (Å²) in [6.07, 6.45) is 0.794. The third-order valence-electron chi connectivity index (χ3n) is 3.59. The number of halogens is 1. The van der Waals surface area contributed by atoms with Crippen LogP contribution in [0.1, 0.15) is 23.6 Å². The zero-order valence-corrected chi connectivity index (χ0v) is 13.0. The maximum Gasteiger partial charge on any atom is 0.319 e. The largest absolute Gasteiger partial charge is 0.331 e. The summed E-state index contributed by atoms with van der Waals surface area (Å²) in [4.78, 5) is 13.2. The van der Waals surface area contributed by atoms with Gasteiger partial charge in [0.25, 0.3) is 0 Å². The summed E-state index contributed by atoms with van der Waals surface area (Å²) < 4.78 is 13.5. The average Bonchev–Trinajstić information content (AvgIpc) is 2.48. The summed E-state index contributed by atoms with van der Waals surface area (Å²) in [6, 6.07) is 11.9. The number of hydrogen-bond acceptors (Lipinski definition) is 2. The minimum absolute atomic E-state index is 0.156. The normalized spacial score (nSPS) is 16.7. The van der Waals surface area contributed by atoms with E-state index in [4.69, 9.17) is 0 Å². The Morgan fingerprint density at radius 3 is 2.95 bits per heavy atom. The molecule has 0 unspecified atom stereocenters. The van der Waals surface area contributed by atoms with E-state index in [1.165, 1.54) is 12.1 Å². The summed E-state index contributed by atoms with van der Waals surface area (Å²) >= 11 is 1.70. The molecule has 2 N–H and O–H groups in total. The second-order valence-corrected chi connectivity index (χ2v) is 6.48. The van der Waals surface area contributed by atoms with Crippen LogP contribution in [0.15, 0.2) is 47.4 Å². The van der Waals surface area contributed by atoms with Gasteiger partial charge in [-0.1, -0.05) is 12.1 Å². The van der Waals surface area contributed by atoms with Gasteiger partial charge in [0, 0.05) is 16.3 Å². The lowest BCUT2D eigenvalue weighted by Crippen LogP contribution is -2.34. The van der Waals surface area contributed by atoms with Crippen molar-refractivity contribution in [3.63, 3.8) is 0 Å². The van der Waals surface area contributed by atoms with Gasteiger partial charge in [-0.05, 0) is 54.8 Å². The van der Waals surface area contributed by atoms with Crippen molar-refractivity contribution in [2.45, 2.75) is 24.3 Å². The van der Waals surface area contributed by atoms with Gasteiger partial charge < -0.3 is 10.6 Å². The molecule has 0 spiro atoms. The van der Waals surface area contributed by atoms with E-state index in [1.807, 2.05) is 31.2 Å². The number of thioether (sulfide) groups is 1. The van der Waals surface area contributed by atoms with Gasteiger partial charge in [0.1, 0.15) is 5.82 Å². The van der Waals surface area contributed by atoms with Crippen molar-refractivity contribution in [1.29, 1.82) is 0 Å². The van der Waals surface area contributed by atoms with Crippen molar-refractivity contribution in [2.75, 3.05) is 11.1 Å². The fourth-order valence-corrected chi connectivity index (χ4v) is 3.67. The number of anilines is 1. The Morgan fingerprint density at radius 2 is 2.14 bits per heavy atom. The molecule has 0 bridgehead atoms. The lowest BCUT2D eigenvalue weighted by molar-refractivity contribution is 0.248. The van der Waals surface area contributed by atoms with Crippen LogP contribution in [0.4, 0.5) is 14.9 Å². The van der Waals surface area contributed by atoms with Gasteiger partial charge in [-0.2, -0.15) is 0 Å². The van der Waals surface area contributed by atoms with Crippen molar-refractivity contribution in [3.8, 4) is 0 Å². The van der Waals surface area contributed by atoms with E-state index >= 15 is 0 Å². The minimum Gasteiger partial charge on any atom is -0.331 e. The van der Waals surface area contributed by atoms with E-state index in [9.17, 15) is 9.18 Å². The van der Waals surface area contributed by atoms with Crippen LogP contribution in [0, 0.1) is 12.7 Å². The summed E-state index contributed by atoms with van der Waals surface area (Å²) in [7, 11) is 0. The molecular formula is C17H17FN2OS. The predicted octanol–water partition coefficient (Wildman–Crippen LogP) is 4.49. The molecule has 2 aromatic rings. The number of aryl methyl sites for hydroxylation is 1. The lowest BCUT2D eigenvalue weighted by atomic mass is 10.0. The van der Waals surface area contributed by atoms with Crippen LogP contribution in [-0.4, -0.2) is 11.8 Å². The second-order valence-electron chi connectivity index (χ2n) is 5.34. The van der Waals surface area contributed by atoms with E-state index < -0.39 is 0 Å². The Kier molecular flexibility index (Phi) is 4.34. The van der Waals surface area contributed by atoms with Crippen molar-refractivity contribution in [3.05, 3.63) is 59.4 Å². The Balaban J connectivity index is 1.71. The number of urea groups is 1. The first-order chi connectivity index (χ1) is 10.6. The molecular weight excluding hydrogens is 299 g/mol. The van der Waals surface area contributed by atoms with Crippen LogP contribution >= 0.6 is 11.8 Å². The molecule has 0 aliphatic carbocycles. The standard InChI is InChI=1S/C17H17FN2OS/c1-11-3-2-4-13(9-11)19-17(21)20-15-7-8-22-16-6-5-12(18)10-14(15)16/h2-6,9-10,15H,7-8H2,1H3,(H2,19,20,21)/t15-/m0/s1. The van der Waals surface area contributed by atoms with Crippen molar-refractivity contribution >= 4 is 23.5 Å². The molecule has 1 aliphatic heterocycles. The van der Waals surface area contributed by atoms with Gasteiger partial charge in [-0.25, -0.2) is 9.18 Å². The Hall–Kier alpha value is -2.01. The molecule has 0 saturated carbocycles. The highest BCUT2D eigenvalue weighted by Crippen LogP contribution is 2.36. The molecule has 1 aliphatic rings. The molecule has 0 aromatic heterocycles. The Labute approximate surface area is 133 Å². The molecule has 1 atom stereocenters. The van der Waals surface area contributed by atoms with E-state index in [1.54, 1.807) is 17.8 Å². The maximum atomic E-state index is 13.5. The SMILES string of the molecule is Cc1cccc(NC(=O)N[C@H]2CCSc3ccc(F)cc32)c1. The molecule has 5 heteroatoms. The van der Waals surface area contributed by atoms with E-state index in [-0.39, 0.29) is 17.9 Å². The van der Waals surface area contributed by atoms with E-state index in [2.05, 4.69) is 10.6 Å². The highest BCUT2D eigenvalue weighted by Gasteiger charge is 2.22. The predicted molar refractivity (Wildman–Crippen MR) is 87.8 cm³/mol. The summed E-state index contributed by atoms with van der Waals surface area (Å²) in [5.41, 5.74) is 2.69. The van der Waals surface area contributed by atoms with Crippen LogP contribution in [0.25, 0.3) is 0 Å². The molecule has 0 saturated heterocycles. The van der Waals surface area contributed by atoms with Gasteiger partial charge in [0.2, 0.25) is 0 Å². The van der Waals surface area contributed by atoms with Crippen molar-refractivity contribution in [1.82, 2.24) is 5.32 Å². The van der Waals surface area contributed by atoms with Crippen LogP contribution < -0.4 is 10.6 Å². The molecule has 114 valence electrons. The fraction of sp³-hybridized carbons (Fsp3) is 0.235. The first-order valence-electron chi connectivity index (χ1n) is 7.18. The first-order valence-corrected chi connectivity index (χ1v) is 8.17. The number of rotatable bonds is 2. The topological polar surface area (TPSA) is 41.1 Å². The molecule has 3 nitrogen and oxygen atoms in total. The first kappa shape index (κ1) is 14.9. The van der Waals surface area contributed by atoms with Crippen LogP contribution in [0.3, 0.4) is 0 Å². The molecule has 22 heavy (non-hydrogen) atoms. The number of amides is 2. The zero-order chi connectivity index (χ0) is 15.5. The number of fused-ring (bicyclic) bond motifs is 1. The van der Waals surface area contributed by atoms with Crippen molar-refractivity contribution < 1.29 is 9.18 Å². The van der Waals surface area contributed by atoms with Gasteiger partial charge in [-0.15, -0.1) is 11.8 Å². The third-order valence-corrected chi connectivity index (χ3v) is 4.72. The van der Waals surface area contributed by atoms with Gasteiger partial charge in [0.05, 0.1) is 6.04 Å². The molecule has 2 aromatic carbocycles. The van der Waals surface area contributed by atoms with E-state index in [0.29, 0.717) is 0 Å². The van der Waals surface area contributed by atoms with Crippen LogP contribution in [-0.2, 0) is 0 Å². The summed E-state index contributed by atoms with van der Waals surface area (Å²) in [5.74, 6) is 0.640. The van der Waals surface area contributed by atoms with Crippen molar-refractivity contribution in [2.24, 2.45) is 0 Å². The molecule has 0 radical (unpaired) electrons. The number of nitrogens with one attached hydrogen (secondary N) is 2. The molecule has 3 rings (SSSR count). The molecule has 2 amide bonds. The number of carbonyl (C=O) groups excluding carboxylic acids is 1.